The average Bonchev–Trinajstić information content (AvgIpc) is 2.03. The number of nitrogen functional groups attached to an aromatic ring is 1. The lowest BCUT2D eigenvalue weighted by molar-refractivity contribution is 0.0698. The Kier molecular flexibility index (Phi) is 2.19. The predicted octanol–water partition coefficient (Wildman–Crippen LogP) is 1.01. The summed E-state index contributed by atoms with van der Waals surface area (Å²) in [5, 5.41) is 11.5. The molecule has 0 unspecified atom stereocenters. The van der Waals surface area contributed by atoms with Crippen LogP contribution < -0.4 is 11.1 Å². The Morgan fingerprint density at radius 3 is 2.67 bits per heavy atom. The molecule has 0 saturated carbocycles. The van der Waals surface area contributed by atoms with Crippen molar-refractivity contribution in [3.63, 3.8) is 0 Å². The van der Waals surface area contributed by atoms with Crippen molar-refractivity contribution >= 4 is 17.3 Å². The van der Waals surface area contributed by atoms with Gasteiger partial charge in [0.1, 0.15) is 0 Å². The molecule has 1 rings (SSSR count). The van der Waals surface area contributed by atoms with E-state index in [2.05, 4.69) is 5.32 Å². The van der Waals surface area contributed by atoms with E-state index in [0.29, 0.717) is 11.4 Å². The number of rotatable bonds is 2. The lowest BCUT2D eigenvalue weighted by Gasteiger charge is -2.07. The third kappa shape index (κ3) is 1.32. The number of hydrogen-bond acceptors (Lipinski definition) is 3. The SMILES string of the molecule is CNc1c(N)cccc1C(=O)O. The minimum Gasteiger partial charge on any atom is -0.478 e. The maximum Gasteiger partial charge on any atom is 0.337 e. The zero-order valence-electron chi connectivity index (χ0n) is 6.66. The number of nitrogens with two attached hydrogens (primary N) is 1. The Morgan fingerprint density at radius 1 is 1.58 bits per heavy atom. The van der Waals surface area contributed by atoms with Gasteiger partial charge < -0.3 is 16.2 Å². The van der Waals surface area contributed by atoms with Gasteiger partial charge in [0.25, 0.3) is 0 Å². The van der Waals surface area contributed by atoms with Gasteiger partial charge in [-0.1, -0.05) is 6.07 Å². The standard InChI is InChI=1S/C8H10N2O2/c1-10-7-5(8(11)12)3-2-4-6(7)9/h2-4,10H,9H2,1H3,(H,11,12). The lowest BCUT2D eigenvalue weighted by Crippen LogP contribution is -2.05. The first-order valence-corrected chi connectivity index (χ1v) is 3.46. The Labute approximate surface area is 70.0 Å². The number of carbonyl (C=O) groups is 1. The van der Waals surface area contributed by atoms with Crippen molar-refractivity contribution in [3.8, 4) is 0 Å². The van der Waals surface area contributed by atoms with E-state index in [1.807, 2.05) is 0 Å². The second kappa shape index (κ2) is 3.13. The molecule has 4 heteroatoms. The highest BCUT2D eigenvalue weighted by atomic mass is 16.4. The van der Waals surface area contributed by atoms with Gasteiger partial charge in [0.05, 0.1) is 16.9 Å². The first kappa shape index (κ1) is 8.39. The van der Waals surface area contributed by atoms with Gasteiger partial charge in [0, 0.05) is 7.05 Å². The van der Waals surface area contributed by atoms with E-state index in [0.717, 1.165) is 0 Å². The summed E-state index contributed by atoms with van der Waals surface area (Å²) in [5.41, 5.74) is 6.64. The molecule has 4 N–H and O–H groups in total. The van der Waals surface area contributed by atoms with Crippen LogP contribution in [0.4, 0.5) is 11.4 Å². The fraction of sp³-hybridized carbons (Fsp3) is 0.125. The highest BCUT2D eigenvalue weighted by Gasteiger charge is 2.09. The zero-order valence-corrected chi connectivity index (χ0v) is 6.66. The summed E-state index contributed by atoms with van der Waals surface area (Å²) in [6.45, 7) is 0. The second-order valence-electron chi connectivity index (χ2n) is 2.32. The summed E-state index contributed by atoms with van der Waals surface area (Å²) in [6, 6.07) is 4.77. The van der Waals surface area contributed by atoms with Gasteiger partial charge in [0.2, 0.25) is 0 Å². The molecule has 0 aromatic heterocycles. The van der Waals surface area contributed by atoms with Crippen molar-refractivity contribution in [3.05, 3.63) is 23.8 Å². The minimum atomic E-state index is -0.980. The van der Waals surface area contributed by atoms with Crippen molar-refractivity contribution in [1.29, 1.82) is 0 Å². The van der Waals surface area contributed by atoms with Crippen molar-refractivity contribution in [1.82, 2.24) is 0 Å². The fourth-order valence-corrected chi connectivity index (χ4v) is 1.03. The van der Waals surface area contributed by atoms with Crippen molar-refractivity contribution in [2.45, 2.75) is 0 Å². The Bertz CT molecular complexity index is 310. The van der Waals surface area contributed by atoms with E-state index < -0.39 is 5.97 Å². The lowest BCUT2D eigenvalue weighted by atomic mass is 10.1. The molecule has 0 amide bonds. The number of anilines is 2. The number of carboxylic acids is 1. The minimum absolute atomic E-state index is 0.192. The second-order valence-corrected chi connectivity index (χ2v) is 2.32. The zero-order chi connectivity index (χ0) is 9.14. The molecule has 4 nitrogen and oxygen atoms in total. The quantitative estimate of drug-likeness (QED) is 0.573. The third-order valence-electron chi connectivity index (χ3n) is 1.58. The van der Waals surface area contributed by atoms with Crippen LogP contribution in [0.3, 0.4) is 0 Å². The molecule has 0 fully saturated rings. The van der Waals surface area contributed by atoms with E-state index in [1.165, 1.54) is 6.07 Å². The molecular formula is C8H10N2O2. The molecule has 0 heterocycles. The van der Waals surface area contributed by atoms with Crippen LogP contribution in [-0.2, 0) is 0 Å². The molecule has 0 aliphatic rings. The molecule has 1 aromatic carbocycles. The fourth-order valence-electron chi connectivity index (χ4n) is 1.03. The average molecular weight is 166 g/mol. The number of nitrogens with one attached hydrogen (secondary N) is 1. The van der Waals surface area contributed by atoms with Crippen LogP contribution in [-0.4, -0.2) is 18.1 Å². The van der Waals surface area contributed by atoms with Crippen LogP contribution in [0, 0.1) is 0 Å². The highest BCUT2D eigenvalue weighted by molar-refractivity contribution is 5.97. The number of para-hydroxylation sites is 1. The smallest absolute Gasteiger partial charge is 0.337 e. The van der Waals surface area contributed by atoms with Crippen LogP contribution in [0.2, 0.25) is 0 Å². The summed E-state index contributed by atoms with van der Waals surface area (Å²) in [7, 11) is 1.64. The molecule has 0 aliphatic carbocycles. The molecule has 0 saturated heterocycles. The molecule has 64 valence electrons. The normalized spacial score (nSPS) is 9.42. The number of hydrogen-bond donors (Lipinski definition) is 3. The topological polar surface area (TPSA) is 75.3 Å². The third-order valence-corrected chi connectivity index (χ3v) is 1.58. The molecule has 1 aromatic rings. The maximum absolute atomic E-state index is 10.6. The summed E-state index contributed by atoms with van der Waals surface area (Å²) in [4.78, 5) is 10.6. The van der Waals surface area contributed by atoms with Gasteiger partial charge in [-0.2, -0.15) is 0 Å². The summed E-state index contributed by atoms with van der Waals surface area (Å²) in [6.07, 6.45) is 0. The molecule has 0 spiro atoms. The van der Waals surface area contributed by atoms with Crippen LogP contribution in [0.1, 0.15) is 10.4 Å². The molecule has 0 bridgehead atoms. The van der Waals surface area contributed by atoms with Crippen LogP contribution in [0.15, 0.2) is 18.2 Å². The first-order valence-electron chi connectivity index (χ1n) is 3.46. The number of aromatic carboxylic acids is 1. The van der Waals surface area contributed by atoms with Gasteiger partial charge in [-0.05, 0) is 12.1 Å². The van der Waals surface area contributed by atoms with Gasteiger partial charge in [-0.15, -0.1) is 0 Å². The first-order chi connectivity index (χ1) is 5.66. The number of benzene rings is 1. The molecular weight excluding hydrogens is 156 g/mol. The van der Waals surface area contributed by atoms with E-state index in [9.17, 15) is 4.79 Å². The largest absolute Gasteiger partial charge is 0.478 e. The summed E-state index contributed by atoms with van der Waals surface area (Å²) in [5.74, 6) is -0.980. The van der Waals surface area contributed by atoms with Gasteiger partial charge in [-0.3, -0.25) is 0 Å². The van der Waals surface area contributed by atoms with Crippen LogP contribution >= 0.6 is 0 Å². The van der Waals surface area contributed by atoms with E-state index >= 15 is 0 Å². The predicted molar refractivity (Wildman–Crippen MR) is 47.4 cm³/mol. The van der Waals surface area contributed by atoms with Crippen LogP contribution in [0.5, 0.6) is 0 Å². The van der Waals surface area contributed by atoms with Crippen molar-refractivity contribution < 1.29 is 9.90 Å². The Morgan fingerprint density at radius 2 is 2.25 bits per heavy atom. The highest BCUT2D eigenvalue weighted by Crippen LogP contribution is 2.22. The molecule has 0 atom stereocenters. The summed E-state index contributed by atoms with van der Waals surface area (Å²) >= 11 is 0. The van der Waals surface area contributed by atoms with Gasteiger partial charge in [-0.25, -0.2) is 4.79 Å². The maximum atomic E-state index is 10.6. The van der Waals surface area contributed by atoms with Crippen molar-refractivity contribution in [2.24, 2.45) is 0 Å². The Hall–Kier alpha value is -1.71. The van der Waals surface area contributed by atoms with Crippen molar-refractivity contribution in [2.75, 3.05) is 18.1 Å². The Balaban J connectivity index is 3.27. The van der Waals surface area contributed by atoms with Gasteiger partial charge >= 0.3 is 5.97 Å². The van der Waals surface area contributed by atoms with Gasteiger partial charge in [0.15, 0.2) is 0 Å². The van der Waals surface area contributed by atoms with E-state index in [-0.39, 0.29) is 5.56 Å². The molecule has 0 aliphatic heterocycles. The summed E-state index contributed by atoms with van der Waals surface area (Å²) < 4.78 is 0. The monoisotopic (exact) mass is 166 g/mol. The van der Waals surface area contributed by atoms with E-state index in [4.69, 9.17) is 10.8 Å². The van der Waals surface area contributed by atoms with E-state index in [1.54, 1.807) is 19.2 Å². The molecule has 0 radical (unpaired) electrons. The molecule has 12 heavy (non-hydrogen) atoms. The number of carboxylic acid groups (broad SMARTS) is 1. The van der Waals surface area contributed by atoms with Crippen LogP contribution in [0.25, 0.3) is 0 Å².